The summed E-state index contributed by atoms with van der Waals surface area (Å²) in [5.41, 5.74) is 3.34. The van der Waals surface area contributed by atoms with Crippen molar-refractivity contribution in [2.45, 2.75) is 33.1 Å². The van der Waals surface area contributed by atoms with E-state index in [0.717, 1.165) is 22.3 Å². The van der Waals surface area contributed by atoms with Crippen LogP contribution in [-0.4, -0.2) is 25.5 Å². The van der Waals surface area contributed by atoms with Gasteiger partial charge < -0.3 is 18.9 Å². The van der Waals surface area contributed by atoms with Crippen LogP contribution < -0.4 is 9.47 Å². The van der Waals surface area contributed by atoms with Crippen molar-refractivity contribution in [3.63, 3.8) is 0 Å². The summed E-state index contributed by atoms with van der Waals surface area (Å²) in [5.74, 6) is 0.873. The van der Waals surface area contributed by atoms with Crippen LogP contribution in [0.15, 0.2) is 61.7 Å². The maximum absolute atomic E-state index is 11.7. The monoisotopic (exact) mass is 424 g/mol. The third-order valence-electron chi connectivity index (χ3n) is 4.82. The normalized spacial score (nSPS) is 10.7. The highest BCUT2D eigenvalue weighted by atomic mass is 16.7. The average molecular weight is 424 g/mol. The summed E-state index contributed by atoms with van der Waals surface area (Å²) in [4.78, 5) is 23.4. The molecule has 2 rings (SSSR count). The first-order chi connectivity index (χ1) is 14.7. The molecule has 0 aliphatic heterocycles. The molecule has 0 aliphatic rings. The quantitative estimate of drug-likeness (QED) is 0.293. The molecule has 6 heteroatoms. The highest BCUT2D eigenvalue weighted by molar-refractivity contribution is 5.65. The zero-order chi connectivity index (χ0) is 23.0. The molecule has 2 aromatic rings. The Morgan fingerprint density at radius 2 is 1.19 bits per heavy atom. The first-order valence-electron chi connectivity index (χ1n) is 9.82. The molecule has 0 unspecified atom stereocenters. The lowest BCUT2D eigenvalue weighted by molar-refractivity contribution is 0.108. The summed E-state index contributed by atoms with van der Waals surface area (Å²) in [7, 11) is 0. The van der Waals surface area contributed by atoms with Crippen molar-refractivity contribution in [1.82, 2.24) is 0 Å². The van der Waals surface area contributed by atoms with Crippen molar-refractivity contribution in [2.75, 3.05) is 13.2 Å². The van der Waals surface area contributed by atoms with Gasteiger partial charge in [0.05, 0.1) is 0 Å². The number of hydrogen-bond acceptors (Lipinski definition) is 6. The molecule has 0 fully saturated rings. The molecule has 2 aromatic carbocycles. The molecule has 0 spiro atoms. The van der Waals surface area contributed by atoms with Crippen molar-refractivity contribution in [2.24, 2.45) is 0 Å². The number of aryl methyl sites for hydroxylation is 2. The topological polar surface area (TPSA) is 71.1 Å². The molecule has 0 N–H and O–H groups in total. The molecule has 0 radical (unpaired) electrons. The van der Waals surface area contributed by atoms with E-state index in [2.05, 4.69) is 27.0 Å². The Labute approximate surface area is 183 Å². The Morgan fingerprint density at radius 1 is 0.806 bits per heavy atom. The van der Waals surface area contributed by atoms with Crippen LogP contribution in [0, 0.1) is 13.8 Å². The number of benzene rings is 2. The first-order valence-corrected chi connectivity index (χ1v) is 9.82. The largest absolute Gasteiger partial charge is 0.514 e. The van der Waals surface area contributed by atoms with Crippen LogP contribution in [0.2, 0.25) is 0 Å². The average Bonchev–Trinajstić information content (AvgIpc) is 2.73. The molecular formula is C25H28O6. The van der Waals surface area contributed by atoms with Gasteiger partial charge >= 0.3 is 12.3 Å². The van der Waals surface area contributed by atoms with Crippen molar-refractivity contribution in [3.8, 4) is 11.5 Å². The van der Waals surface area contributed by atoms with Crippen LogP contribution >= 0.6 is 0 Å². The van der Waals surface area contributed by atoms with Crippen LogP contribution in [0.25, 0.3) is 0 Å². The number of carbonyl (C=O) groups is 2. The lowest BCUT2D eigenvalue weighted by atomic mass is 9.77. The van der Waals surface area contributed by atoms with Gasteiger partial charge in [0.15, 0.2) is 0 Å². The van der Waals surface area contributed by atoms with Crippen LogP contribution in [0.3, 0.4) is 0 Å². The van der Waals surface area contributed by atoms with Gasteiger partial charge in [-0.3, -0.25) is 0 Å². The minimum absolute atomic E-state index is 0.0913. The minimum atomic E-state index is -0.771. The predicted molar refractivity (Wildman–Crippen MR) is 119 cm³/mol. The van der Waals surface area contributed by atoms with Crippen LogP contribution in [0.4, 0.5) is 9.59 Å². The molecule has 0 saturated heterocycles. The summed E-state index contributed by atoms with van der Waals surface area (Å²) in [6.45, 7) is 15.1. The molecule has 31 heavy (non-hydrogen) atoms. The fourth-order valence-corrected chi connectivity index (χ4v) is 2.96. The molecule has 0 heterocycles. The summed E-state index contributed by atoms with van der Waals surface area (Å²) >= 11 is 0. The Morgan fingerprint density at radius 3 is 1.52 bits per heavy atom. The fraction of sp³-hybridized carbons (Fsp3) is 0.280. The van der Waals surface area contributed by atoms with Gasteiger partial charge in [-0.25, -0.2) is 9.59 Å². The van der Waals surface area contributed by atoms with Gasteiger partial charge in [0.1, 0.15) is 24.7 Å². The van der Waals surface area contributed by atoms with Crippen LogP contribution in [0.5, 0.6) is 11.5 Å². The Kier molecular flexibility index (Phi) is 8.02. The molecule has 0 aliphatic carbocycles. The van der Waals surface area contributed by atoms with Gasteiger partial charge in [0.2, 0.25) is 0 Å². The van der Waals surface area contributed by atoms with E-state index in [9.17, 15) is 9.59 Å². The maximum atomic E-state index is 11.7. The minimum Gasteiger partial charge on any atom is -0.430 e. The van der Waals surface area contributed by atoms with E-state index in [-0.39, 0.29) is 18.6 Å². The van der Waals surface area contributed by atoms with Crippen LogP contribution in [0.1, 0.15) is 36.1 Å². The van der Waals surface area contributed by atoms with Crippen LogP contribution in [-0.2, 0) is 14.9 Å². The third kappa shape index (κ3) is 6.22. The van der Waals surface area contributed by atoms with Gasteiger partial charge in [0, 0.05) is 5.41 Å². The smallest absolute Gasteiger partial charge is 0.430 e. The highest BCUT2D eigenvalue weighted by Gasteiger charge is 2.25. The molecule has 0 bridgehead atoms. The highest BCUT2D eigenvalue weighted by Crippen LogP contribution is 2.36. The second-order valence-electron chi connectivity index (χ2n) is 7.49. The Hall–Kier alpha value is -3.54. The molecule has 0 amide bonds. The van der Waals surface area contributed by atoms with Gasteiger partial charge in [-0.15, -0.1) is 0 Å². The van der Waals surface area contributed by atoms with Gasteiger partial charge in [-0.2, -0.15) is 0 Å². The molecule has 0 atom stereocenters. The van der Waals surface area contributed by atoms with E-state index in [1.165, 1.54) is 12.2 Å². The van der Waals surface area contributed by atoms with E-state index in [0.29, 0.717) is 11.5 Å². The zero-order valence-electron chi connectivity index (χ0n) is 18.4. The summed E-state index contributed by atoms with van der Waals surface area (Å²) in [6.07, 6.45) is 1.41. The van der Waals surface area contributed by atoms with E-state index in [1.54, 1.807) is 12.1 Å². The standard InChI is InChI=1S/C25H28O6/c1-7-13-28-23(26)30-21-11-9-19(15-17(21)3)25(5,6)20-10-12-22(18(4)16-20)31-24(27)29-14-8-2/h7-12,15-16H,1-2,13-14H2,3-6H3. The number of ether oxygens (including phenoxy) is 4. The number of hydrogen-bond donors (Lipinski definition) is 0. The number of carbonyl (C=O) groups excluding carboxylic acids is 2. The molecule has 0 saturated carbocycles. The maximum Gasteiger partial charge on any atom is 0.514 e. The lowest BCUT2D eigenvalue weighted by Gasteiger charge is -2.27. The van der Waals surface area contributed by atoms with Crippen molar-refractivity contribution >= 4 is 12.3 Å². The van der Waals surface area contributed by atoms with Crippen molar-refractivity contribution in [1.29, 1.82) is 0 Å². The second-order valence-corrected chi connectivity index (χ2v) is 7.49. The first kappa shape index (κ1) is 23.7. The lowest BCUT2D eigenvalue weighted by Crippen LogP contribution is -2.20. The van der Waals surface area contributed by atoms with E-state index >= 15 is 0 Å². The van der Waals surface area contributed by atoms with Crippen molar-refractivity contribution < 1.29 is 28.5 Å². The van der Waals surface area contributed by atoms with Gasteiger partial charge in [-0.1, -0.05) is 63.4 Å². The summed E-state index contributed by atoms with van der Waals surface area (Å²) in [5, 5.41) is 0. The Bertz CT molecular complexity index is 896. The van der Waals surface area contributed by atoms with E-state index in [4.69, 9.17) is 18.9 Å². The van der Waals surface area contributed by atoms with E-state index < -0.39 is 12.3 Å². The second kappa shape index (κ2) is 10.5. The molecular weight excluding hydrogens is 396 g/mol. The summed E-state index contributed by atoms with van der Waals surface area (Å²) in [6, 6.07) is 11.3. The molecule has 164 valence electrons. The van der Waals surface area contributed by atoms with E-state index in [1.807, 2.05) is 38.1 Å². The molecule has 0 aromatic heterocycles. The third-order valence-corrected chi connectivity index (χ3v) is 4.82. The fourth-order valence-electron chi connectivity index (χ4n) is 2.96. The zero-order valence-corrected chi connectivity index (χ0v) is 18.4. The Balaban J connectivity index is 2.20. The number of rotatable bonds is 8. The predicted octanol–water partition coefficient (Wildman–Crippen LogP) is 6.03. The molecule has 6 nitrogen and oxygen atoms in total. The SMILES string of the molecule is C=CCOC(=O)Oc1ccc(C(C)(C)c2ccc(OC(=O)OCC=C)c(C)c2)cc1C. The van der Waals surface area contributed by atoms with Gasteiger partial charge in [0.25, 0.3) is 0 Å². The van der Waals surface area contributed by atoms with Crippen molar-refractivity contribution in [3.05, 3.63) is 84.0 Å². The summed E-state index contributed by atoms with van der Waals surface area (Å²) < 4.78 is 20.2. The van der Waals surface area contributed by atoms with Gasteiger partial charge in [-0.05, 0) is 48.2 Å².